The molecule has 1 saturated heterocycles. The first-order chi connectivity index (χ1) is 14.8. The average molecular weight is 465 g/mol. The fourth-order valence-corrected chi connectivity index (χ4v) is 5.17. The number of carbonyl (C=O) groups is 1. The molecule has 1 atom stereocenters. The van der Waals surface area contributed by atoms with E-state index in [1.54, 1.807) is 4.90 Å². The first-order valence-electron chi connectivity index (χ1n) is 10.6. The number of carbonyl (C=O) groups excluding carboxylic acids is 1. The molecule has 0 saturated carbocycles. The van der Waals surface area contributed by atoms with E-state index in [4.69, 9.17) is 16.3 Å². The lowest BCUT2D eigenvalue weighted by Gasteiger charge is -2.33. The molecule has 6 nitrogen and oxygen atoms in total. The van der Waals surface area contributed by atoms with Gasteiger partial charge in [0.2, 0.25) is 15.9 Å². The predicted octanol–water partition coefficient (Wildman–Crippen LogP) is 3.89. The smallest absolute Gasteiger partial charge is 0.241 e. The Morgan fingerprint density at radius 1 is 1.19 bits per heavy atom. The van der Waals surface area contributed by atoms with Crippen LogP contribution in [0.15, 0.2) is 53.4 Å². The molecular formula is C23H29ClN2O4S. The van der Waals surface area contributed by atoms with E-state index in [1.807, 2.05) is 37.3 Å². The molecule has 0 bridgehead atoms. The molecule has 8 heteroatoms. The van der Waals surface area contributed by atoms with E-state index < -0.39 is 16.1 Å². The van der Waals surface area contributed by atoms with E-state index in [0.29, 0.717) is 31.4 Å². The van der Waals surface area contributed by atoms with E-state index in [-0.39, 0.29) is 22.2 Å². The van der Waals surface area contributed by atoms with Crippen molar-refractivity contribution in [2.75, 3.05) is 19.7 Å². The van der Waals surface area contributed by atoms with Gasteiger partial charge in [-0.25, -0.2) is 8.42 Å². The highest BCUT2D eigenvalue weighted by Gasteiger charge is 2.31. The molecule has 1 N–H and O–H groups in total. The summed E-state index contributed by atoms with van der Waals surface area (Å²) in [5.74, 6) is 0.790. The van der Waals surface area contributed by atoms with Gasteiger partial charge in [-0.15, -0.1) is 0 Å². The fourth-order valence-electron chi connectivity index (χ4n) is 3.66. The maximum Gasteiger partial charge on any atom is 0.241 e. The Morgan fingerprint density at radius 2 is 1.87 bits per heavy atom. The Labute approximate surface area is 189 Å². The van der Waals surface area contributed by atoms with Crippen LogP contribution in [0.5, 0.6) is 5.75 Å². The molecule has 0 aliphatic carbocycles. The number of amides is 1. The third-order valence-electron chi connectivity index (χ3n) is 5.49. The number of nitrogens with one attached hydrogen (secondary N) is 1. The fraction of sp³-hybridized carbons (Fsp3) is 0.435. The van der Waals surface area contributed by atoms with Gasteiger partial charge in [0.05, 0.1) is 16.5 Å². The second-order valence-electron chi connectivity index (χ2n) is 7.90. The number of benzene rings is 2. The molecule has 31 heavy (non-hydrogen) atoms. The first kappa shape index (κ1) is 23.6. The van der Waals surface area contributed by atoms with Crippen LogP contribution in [0.4, 0.5) is 0 Å². The lowest BCUT2D eigenvalue weighted by Crippen LogP contribution is -2.51. The lowest BCUT2D eigenvalue weighted by atomic mass is 9.98. The van der Waals surface area contributed by atoms with Gasteiger partial charge in [0, 0.05) is 13.1 Å². The van der Waals surface area contributed by atoms with E-state index >= 15 is 0 Å². The zero-order valence-corrected chi connectivity index (χ0v) is 19.5. The number of hydrogen-bond donors (Lipinski definition) is 1. The SMILES string of the molecule is CCOc1ccc(S(=O)(=O)NC(Cc2ccccc2)C(=O)N2CCC(C)CC2)cc1Cl. The van der Waals surface area contributed by atoms with Gasteiger partial charge in [0.25, 0.3) is 0 Å². The van der Waals surface area contributed by atoms with Crippen LogP contribution in [-0.2, 0) is 21.2 Å². The van der Waals surface area contributed by atoms with Crippen LogP contribution >= 0.6 is 11.6 Å². The van der Waals surface area contributed by atoms with Crippen molar-refractivity contribution >= 4 is 27.5 Å². The standard InChI is InChI=1S/C23H29ClN2O4S/c1-3-30-22-10-9-19(16-20(22)24)31(28,29)25-21(15-18-7-5-4-6-8-18)23(27)26-13-11-17(2)12-14-26/h4-10,16-17,21,25H,3,11-15H2,1-2H3. The van der Waals surface area contributed by atoms with Gasteiger partial charge < -0.3 is 9.64 Å². The second-order valence-corrected chi connectivity index (χ2v) is 10.0. The van der Waals surface area contributed by atoms with Crippen LogP contribution in [0, 0.1) is 5.92 Å². The highest BCUT2D eigenvalue weighted by molar-refractivity contribution is 7.89. The number of rotatable bonds is 8. The number of nitrogens with zero attached hydrogens (tertiary/aromatic N) is 1. The number of hydrogen-bond acceptors (Lipinski definition) is 4. The van der Waals surface area contributed by atoms with Crippen LogP contribution in [0.1, 0.15) is 32.3 Å². The van der Waals surface area contributed by atoms with Gasteiger partial charge in [0.15, 0.2) is 0 Å². The van der Waals surface area contributed by atoms with Crippen molar-refractivity contribution in [1.29, 1.82) is 0 Å². The quantitative estimate of drug-likeness (QED) is 0.643. The summed E-state index contributed by atoms with van der Waals surface area (Å²) in [6.07, 6.45) is 2.12. The predicted molar refractivity (Wildman–Crippen MR) is 122 cm³/mol. The van der Waals surface area contributed by atoms with Gasteiger partial charge in [-0.3, -0.25) is 4.79 Å². The molecule has 1 amide bonds. The highest BCUT2D eigenvalue weighted by atomic mass is 35.5. The molecule has 1 fully saturated rings. The van der Waals surface area contributed by atoms with Crippen molar-refractivity contribution in [3.8, 4) is 5.75 Å². The van der Waals surface area contributed by atoms with Crippen LogP contribution in [0.25, 0.3) is 0 Å². The van der Waals surface area contributed by atoms with Gasteiger partial charge in [-0.1, -0.05) is 48.9 Å². The zero-order valence-electron chi connectivity index (χ0n) is 17.9. The summed E-state index contributed by atoms with van der Waals surface area (Å²) in [5, 5.41) is 0.209. The molecule has 1 aliphatic rings. The van der Waals surface area contributed by atoms with Crippen molar-refractivity contribution < 1.29 is 17.9 Å². The first-order valence-corrected chi connectivity index (χ1v) is 12.4. The Hall–Kier alpha value is -2.09. The molecule has 0 spiro atoms. The molecule has 3 rings (SSSR count). The van der Waals surface area contributed by atoms with Crippen molar-refractivity contribution in [3.05, 3.63) is 59.1 Å². The minimum Gasteiger partial charge on any atom is -0.492 e. The van der Waals surface area contributed by atoms with Crippen molar-refractivity contribution in [1.82, 2.24) is 9.62 Å². The van der Waals surface area contributed by atoms with Crippen molar-refractivity contribution in [3.63, 3.8) is 0 Å². The maximum atomic E-state index is 13.3. The zero-order chi connectivity index (χ0) is 22.4. The summed E-state index contributed by atoms with van der Waals surface area (Å²) in [5.41, 5.74) is 0.888. The summed E-state index contributed by atoms with van der Waals surface area (Å²) >= 11 is 6.19. The summed E-state index contributed by atoms with van der Waals surface area (Å²) < 4.78 is 34.2. The third-order valence-corrected chi connectivity index (χ3v) is 7.25. The van der Waals surface area contributed by atoms with Gasteiger partial charge in [0.1, 0.15) is 11.8 Å². The van der Waals surface area contributed by atoms with Gasteiger partial charge in [-0.2, -0.15) is 4.72 Å². The van der Waals surface area contributed by atoms with E-state index in [9.17, 15) is 13.2 Å². The molecule has 2 aromatic carbocycles. The van der Waals surface area contributed by atoms with Crippen LogP contribution in [0.3, 0.4) is 0 Å². The number of halogens is 1. The summed E-state index contributed by atoms with van der Waals surface area (Å²) in [4.78, 5) is 15.0. The van der Waals surface area contributed by atoms with E-state index in [2.05, 4.69) is 11.6 Å². The number of likely N-dealkylation sites (tertiary alicyclic amines) is 1. The Morgan fingerprint density at radius 3 is 2.48 bits per heavy atom. The van der Waals surface area contributed by atoms with E-state index in [0.717, 1.165) is 18.4 Å². The summed E-state index contributed by atoms with van der Waals surface area (Å²) in [6, 6.07) is 12.8. The number of sulfonamides is 1. The Bertz CT molecular complexity index is 990. The van der Waals surface area contributed by atoms with Crippen LogP contribution in [-0.4, -0.2) is 45.0 Å². The molecule has 0 radical (unpaired) electrons. The van der Waals surface area contributed by atoms with E-state index in [1.165, 1.54) is 18.2 Å². The molecule has 0 aromatic heterocycles. The largest absolute Gasteiger partial charge is 0.492 e. The Kier molecular flexibility index (Phi) is 7.97. The summed E-state index contributed by atoms with van der Waals surface area (Å²) in [7, 11) is -3.97. The third kappa shape index (κ3) is 6.21. The van der Waals surface area contributed by atoms with Crippen LogP contribution < -0.4 is 9.46 Å². The molecule has 1 unspecified atom stereocenters. The van der Waals surface area contributed by atoms with Gasteiger partial charge in [-0.05, 0) is 55.9 Å². The molecular weight excluding hydrogens is 436 g/mol. The molecule has 1 heterocycles. The normalized spacial score (nSPS) is 16.2. The molecule has 1 aliphatic heterocycles. The Balaban J connectivity index is 1.84. The number of ether oxygens (including phenoxy) is 1. The topological polar surface area (TPSA) is 75.7 Å². The van der Waals surface area contributed by atoms with Crippen molar-refractivity contribution in [2.45, 2.75) is 44.0 Å². The second kappa shape index (κ2) is 10.5. The average Bonchev–Trinajstić information content (AvgIpc) is 2.75. The molecule has 2 aromatic rings. The van der Waals surface area contributed by atoms with Crippen molar-refractivity contribution in [2.24, 2.45) is 5.92 Å². The summed E-state index contributed by atoms with van der Waals surface area (Å²) in [6.45, 7) is 5.70. The lowest BCUT2D eigenvalue weighted by molar-refractivity contribution is -0.134. The molecule has 168 valence electrons. The minimum absolute atomic E-state index is 0.000851. The highest BCUT2D eigenvalue weighted by Crippen LogP contribution is 2.27. The van der Waals surface area contributed by atoms with Crippen LogP contribution in [0.2, 0.25) is 5.02 Å². The maximum absolute atomic E-state index is 13.3. The minimum atomic E-state index is -3.97. The van der Waals surface area contributed by atoms with Gasteiger partial charge >= 0.3 is 0 Å². The monoisotopic (exact) mass is 464 g/mol. The number of piperidine rings is 1.